The summed E-state index contributed by atoms with van der Waals surface area (Å²) in [5, 5.41) is 0. The van der Waals surface area contributed by atoms with Gasteiger partial charge in [-0.3, -0.25) is 9.69 Å². The van der Waals surface area contributed by atoms with E-state index in [9.17, 15) is 14.0 Å². The summed E-state index contributed by atoms with van der Waals surface area (Å²) in [6, 6.07) is 5.96. The van der Waals surface area contributed by atoms with Gasteiger partial charge < -0.3 is 9.47 Å². The predicted molar refractivity (Wildman–Crippen MR) is 97.7 cm³/mol. The molecule has 26 heavy (non-hydrogen) atoms. The summed E-state index contributed by atoms with van der Waals surface area (Å²) in [6.45, 7) is 10.2. The van der Waals surface area contributed by atoms with E-state index in [4.69, 9.17) is 9.47 Å². The van der Waals surface area contributed by atoms with Crippen LogP contribution in [-0.4, -0.2) is 34.6 Å². The third kappa shape index (κ3) is 4.58. The average molecular weight is 381 g/mol. The number of thioether (sulfide) groups is 1. The van der Waals surface area contributed by atoms with E-state index >= 15 is 0 Å². The van der Waals surface area contributed by atoms with Crippen LogP contribution in [-0.2, 0) is 19.1 Å². The molecule has 0 aromatic heterocycles. The molecule has 0 atom stereocenters. The Morgan fingerprint density at radius 2 is 1.92 bits per heavy atom. The van der Waals surface area contributed by atoms with Crippen LogP contribution in [0.3, 0.4) is 0 Å². The number of esters is 1. The lowest BCUT2D eigenvalue weighted by molar-refractivity contribution is -0.175. The normalized spacial score (nSPS) is 15.8. The number of allylic oxidation sites excluding steroid dienone is 1. The highest BCUT2D eigenvalue weighted by Crippen LogP contribution is 2.36. The Bertz CT molecular complexity index is 752. The van der Waals surface area contributed by atoms with Crippen molar-refractivity contribution in [1.82, 2.24) is 4.90 Å². The third-order valence-corrected chi connectivity index (χ3v) is 4.91. The maximum absolute atomic E-state index is 13.4. The standard InChI is InChI=1S/C19H24FNO4S/c1-12-15(26-14-9-7-8-13(20)10-14)16(22)21(11-24-12)19(5,6)17(23)25-18(2,3)4/h7-10H,11H2,1-6H3. The first kappa shape index (κ1) is 20.3. The number of amides is 1. The molecule has 0 spiro atoms. The largest absolute Gasteiger partial charge is 0.476 e. The van der Waals surface area contributed by atoms with Gasteiger partial charge in [0, 0.05) is 4.90 Å². The highest BCUT2D eigenvalue weighted by Gasteiger charge is 2.44. The van der Waals surface area contributed by atoms with E-state index in [1.54, 1.807) is 53.7 Å². The van der Waals surface area contributed by atoms with Crippen molar-refractivity contribution in [2.75, 3.05) is 6.73 Å². The van der Waals surface area contributed by atoms with Crippen molar-refractivity contribution in [3.05, 3.63) is 40.7 Å². The van der Waals surface area contributed by atoms with Crippen LogP contribution in [0, 0.1) is 5.82 Å². The Balaban J connectivity index is 2.26. The summed E-state index contributed by atoms with van der Waals surface area (Å²) in [6.07, 6.45) is 0. The average Bonchev–Trinajstić information content (AvgIpc) is 2.49. The molecule has 0 bridgehead atoms. The van der Waals surface area contributed by atoms with Gasteiger partial charge in [-0.2, -0.15) is 0 Å². The summed E-state index contributed by atoms with van der Waals surface area (Å²) in [4.78, 5) is 27.8. The van der Waals surface area contributed by atoms with E-state index < -0.39 is 17.1 Å². The zero-order valence-corrected chi connectivity index (χ0v) is 16.7. The molecule has 1 heterocycles. The molecule has 0 radical (unpaired) electrons. The van der Waals surface area contributed by atoms with E-state index in [0.717, 1.165) is 11.8 Å². The number of carbonyl (C=O) groups is 2. The second kappa shape index (κ2) is 7.31. The quantitative estimate of drug-likeness (QED) is 0.736. The molecule has 1 amide bonds. The van der Waals surface area contributed by atoms with Crippen molar-refractivity contribution in [2.45, 2.75) is 57.6 Å². The van der Waals surface area contributed by atoms with Gasteiger partial charge >= 0.3 is 5.97 Å². The summed E-state index contributed by atoms with van der Waals surface area (Å²) in [5.74, 6) is -0.806. The topological polar surface area (TPSA) is 55.8 Å². The lowest BCUT2D eigenvalue weighted by Crippen LogP contribution is -2.57. The molecular formula is C19H24FNO4S. The molecule has 0 fully saturated rings. The SMILES string of the molecule is CC1=C(Sc2cccc(F)c2)C(=O)N(C(C)(C)C(=O)OC(C)(C)C)CO1. The number of nitrogens with zero attached hydrogens (tertiary/aromatic N) is 1. The molecular weight excluding hydrogens is 357 g/mol. The maximum Gasteiger partial charge on any atom is 0.332 e. The number of benzene rings is 1. The van der Waals surface area contributed by atoms with Gasteiger partial charge in [0.2, 0.25) is 0 Å². The van der Waals surface area contributed by atoms with Crippen LogP contribution in [0.1, 0.15) is 41.5 Å². The van der Waals surface area contributed by atoms with Gasteiger partial charge in [-0.25, -0.2) is 9.18 Å². The molecule has 0 unspecified atom stereocenters. The Hall–Kier alpha value is -2.02. The molecule has 1 aromatic rings. The Morgan fingerprint density at radius 1 is 1.27 bits per heavy atom. The van der Waals surface area contributed by atoms with Crippen LogP contribution < -0.4 is 0 Å². The molecule has 5 nitrogen and oxygen atoms in total. The van der Waals surface area contributed by atoms with E-state index in [1.807, 2.05) is 0 Å². The monoisotopic (exact) mass is 381 g/mol. The molecule has 2 rings (SSSR count). The predicted octanol–water partition coefficient (Wildman–Crippen LogP) is 4.09. The first-order valence-electron chi connectivity index (χ1n) is 8.24. The number of rotatable bonds is 4. The minimum Gasteiger partial charge on any atom is -0.476 e. The molecule has 7 heteroatoms. The highest BCUT2D eigenvalue weighted by molar-refractivity contribution is 8.04. The van der Waals surface area contributed by atoms with Crippen molar-refractivity contribution in [3.8, 4) is 0 Å². The summed E-state index contributed by atoms with van der Waals surface area (Å²) in [7, 11) is 0. The molecule has 1 aromatic carbocycles. The van der Waals surface area contributed by atoms with Gasteiger partial charge in [0.15, 0.2) is 6.73 Å². The Morgan fingerprint density at radius 3 is 2.50 bits per heavy atom. The molecule has 0 N–H and O–H groups in total. The van der Waals surface area contributed by atoms with Crippen molar-refractivity contribution >= 4 is 23.6 Å². The maximum atomic E-state index is 13.4. The minimum absolute atomic E-state index is 0.0515. The number of hydrogen-bond acceptors (Lipinski definition) is 5. The van der Waals surface area contributed by atoms with Gasteiger partial charge in [0.1, 0.15) is 27.6 Å². The van der Waals surface area contributed by atoms with Gasteiger partial charge in [-0.15, -0.1) is 0 Å². The highest BCUT2D eigenvalue weighted by atomic mass is 32.2. The summed E-state index contributed by atoms with van der Waals surface area (Å²) < 4.78 is 24.5. The van der Waals surface area contributed by atoms with E-state index in [1.165, 1.54) is 17.0 Å². The van der Waals surface area contributed by atoms with Crippen molar-refractivity contribution in [3.63, 3.8) is 0 Å². The summed E-state index contributed by atoms with van der Waals surface area (Å²) >= 11 is 1.11. The van der Waals surface area contributed by atoms with Crippen LogP contribution in [0.5, 0.6) is 0 Å². The van der Waals surface area contributed by atoms with Crippen molar-refractivity contribution in [1.29, 1.82) is 0 Å². The molecule has 142 valence electrons. The first-order chi connectivity index (χ1) is 11.9. The lowest BCUT2D eigenvalue weighted by Gasteiger charge is -2.40. The van der Waals surface area contributed by atoms with Gasteiger partial charge in [-0.05, 0) is 59.7 Å². The van der Waals surface area contributed by atoms with E-state index in [-0.39, 0.29) is 18.5 Å². The lowest BCUT2D eigenvalue weighted by atomic mass is 10.0. The number of hydrogen-bond donors (Lipinski definition) is 0. The fourth-order valence-electron chi connectivity index (χ4n) is 2.25. The zero-order valence-electron chi connectivity index (χ0n) is 15.9. The second-order valence-electron chi connectivity index (χ2n) is 7.51. The molecule has 0 aliphatic carbocycles. The fraction of sp³-hybridized carbons (Fsp3) is 0.474. The van der Waals surface area contributed by atoms with Crippen LogP contribution in [0.4, 0.5) is 4.39 Å². The van der Waals surface area contributed by atoms with Gasteiger partial charge in [0.25, 0.3) is 5.91 Å². The van der Waals surface area contributed by atoms with Crippen molar-refractivity contribution < 1.29 is 23.5 Å². The van der Waals surface area contributed by atoms with Gasteiger partial charge in [-0.1, -0.05) is 17.8 Å². The van der Waals surface area contributed by atoms with Crippen molar-refractivity contribution in [2.24, 2.45) is 0 Å². The van der Waals surface area contributed by atoms with Gasteiger partial charge in [0.05, 0.1) is 0 Å². The van der Waals surface area contributed by atoms with E-state index in [2.05, 4.69) is 0 Å². The molecule has 0 saturated heterocycles. The zero-order chi connectivity index (χ0) is 19.7. The van der Waals surface area contributed by atoms with Crippen LogP contribution >= 0.6 is 11.8 Å². The Kier molecular flexibility index (Phi) is 5.70. The third-order valence-electron chi connectivity index (χ3n) is 3.76. The van der Waals surface area contributed by atoms with Crippen LogP contribution in [0.25, 0.3) is 0 Å². The molecule has 1 aliphatic heterocycles. The fourth-order valence-corrected chi connectivity index (χ4v) is 3.20. The number of carbonyl (C=O) groups excluding carboxylic acids is 2. The van der Waals surface area contributed by atoms with E-state index in [0.29, 0.717) is 15.6 Å². The smallest absolute Gasteiger partial charge is 0.332 e. The van der Waals surface area contributed by atoms with Crippen LogP contribution in [0.15, 0.2) is 39.8 Å². The number of ether oxygens (including phenoxy) is 2. The number of halogens is 1. The molecule has 0 saturated carbocycles. The second-order valence-corrected chi connectivity index (χ2v) is 8.60. The summed E-state index contributed by atoms with van der Waals surface area (Å²) in [5.41, 5.74) is -1.88. The molecule has 1 aliphatic rings. The minimum atomic E-state index is -1.21. The first-order valence-corrected chi connectivity index (χ1v) is 9.06. The van der Waals surface area contributed by atoms with Crippen LogP contribution in [0.2, 0.25) is 0 Å². The Labute approximate surface area is 157 Å².